The molecule has 2 atom stereocenters. The minimum atomic E-state index is -0.500. The van der Waals surface area contributed by atoms with Gasteiger partial charge in [0, 0.05) is 0 Å². The molecule has 0 aliphatic heterocycles. The van der Waals surface area contributed by atoms with E-state index in [4.69, 9.17) is 9.47 Å². The molecule has 0 saturated heterocycles. The van der Waals surface area contributed by atoms with E-state index < -0.39 is 6.10 Å². The van der Waals surface area contributed by atoms with Crippen LogP contribution in [0.5, 0.6) is 17.2 Å². The van der Waals surface area contributed by atoms with Gasteiger partial charge in [0.2, 0.25) is 0 Å². The molecule has 0 spiro atoms. The van der Waals surface area contributed by atoms with E-state index in [1.165, 1.54) is 0 Å². The lowest BCUT2D eigenvalue weighted by Crippen LogP contribution is -2.25. The molecule has 2 unspecified atom stereocenters. The first-order valence-corrected chi connectivity index (χ1v) is 6.33. The summed E-state index contributed by atoms with van der Waals surface area (Å²) in [5, 5.41) is 9.38. The van der Waals surface area contributed by atoms with Gasteiger partial charge in [0.15, 0.2) is 0 Å². The van der Waals surface area contributed by atoms with Gasteiger partial charge in [0.25, 0.3) is 0 Å². The van der Waals surface area contributed by atoms with Crippen LogP contribution in [0.15, 0.2) is 54.6 Å². The van der Waals surface area contributed by atoms with Crippen molar-refractivity contribution in [3.63, 3.8) is 0 Å². The minimum absolute atomic E-state index is 0.235. The van der Waals surface area contributed by atoms with Gasteiger partial charge in [0.05, 0.1) is 6.10 Å². The van der Waals surface area contributed by atoms with Crippen molar-refractivity contribution < 1.29 is 14.6 Å². The summed E-state index contributed by atoms with van der Waals surface area (Å²) in [6.07, 6.45) is -0.735. The summed E-state index contributed by atoms with van der Waals surface area (Å²) in [7, 11) is 0. The zero-order valence-electron chi connectivity index (χ0n) is 11.1. The lowest BCUT2D eigenvalue weighted by Gasteiger charge is -2.17. The lowest BCUT2D eigenvalue weighted by atomic mass is 10.2. The van der Waals surface area contributed by atoms with Crippen LogP contribution in [0.1, 0.15) is 13.8 Å². The van der Waals surface area contributed by atoms with Crippen molar-refractivity contribution in [1.82, 2.24) is 0 Å². The average Bonchev–Trinajstić information content (AvgIpc) is 2.42. The summed E-state index contributed by atoms with van der Waals surface area (Å²) in [6, 6.07) is 17.0. The van der Waals surface area contributed by atoms with Crippen molar-refractivity contribution in [2.24, 2.45) is 0 Å². The third kappa shape index (κ3) is 4.00. The van der Waals surface area contributed by atoms with Gasteiger partial charge >= 0.3 is 0 Å². The molecule has 3 heteroatoms. The highest BCUT2D eigenvalue weighted by Gasteiger charge is 2.10. The smallest absolute Gasteiger partial charge is 0.127 e. The maximum absolute atomic E-state index is 9.38. The van der Waals surface area contributed by atoms with Crippen LogP contribution in [0.25, 0.3) is 0 Å². The molecule has 3 nitrogen and oxygen atoms in total. The molecule has 19 heavy (non-hydrogen) atoms. The van der Waals surface area contributed by atoms with Crippen LogP contribution in [0, 0.1) is 0 Å². The molecule has 2 rings (SSSR count). The van der Waals surface area contributed by atoms with Crippen molar-refractivity contribution in [3.05, 3.63) is 54.6 Å². The number of hydrogen-bond donors (Lipinski definition) is 1. The Morgan fingerprint density at radius 2 is 1.32 bits per heavy atom. The highest BCUT2D eigenvalue weighted by Crippen LogP contribution is 2.24. The maximum atomic E-state index is 9.38. The second-order valence-corrected chi connectivity index (χ2v) is 4.45. The Kier molecular flexibility index (Phi) is 4.42. The SMILES string of the molecule is CC(O)C(C)Oc1ccc(Oc2ccccc2)cc1. The molecule has 0 bridgehead atoms. The Labute approximate surface area is 113 Å². The number of rotatable bonds is 5. The summed E-state index contributed by atoms with van der Waals surface area (Å²) >= 11 is 0. The number of para-hydroxylation sites is 1. The molecule has 100 valence electrons. The summed E-state index contributed by atoms with van der Waals surface area (Å²) in [4.78, 5) is 0. The molecule has 0 heterocycles. The Morgan fingerprint density at radius 1 is 0.789 bits per heavy atom. The van der Waals surface area contributed by atoms with E-state index in [0.717, 1.165) is 11.5 Å². The topological polar surface area (TPSA) is 38.7 Å². The molecule has 0 aliphatic carbocycles. The molecule has 2 aromatic rings. The van der Waals surface area contributed by atoms with E-state index in [0.29, 0.717) is 5.75 Å². The van der Waals surface area contributed by atoms with Crippen LogP contribution in [0.2, 0.25) is 0 Å². The van der Waals surface area contributed by atoms with Crippen LogP contribution >= 0.6 is 0 Å². The third-order valence-electron chi connectivity index (χ3n) is 2.80. The highest BCUT2D eigenvalue weighted by molar-refractivity contribution is 5.35. The number of benzene rings is 2. The largest absolute Gasteiger partial charge is 0.488 e. The molecule has 2 aromatic carbocycles. The van der Waals surface area contributed by atoms with Gasteiger partial charge in [-0.15, -0.1) is 0 Å². The third-order valence-corrected chi connectivity index (χ3v) is 2.80. The summed E-state index contributed by atoms with van der Waals surface area (Å²) < 4.78 is 11.3. The maximum Gasteiger partial charge on any atom is 0.127 e. The van der Waals surface area contributed by atoms with Crippen molar-refractivity contribution in [3.8, 4) is 17.2 Å². The highest BCUT2D eigenvalue weighted by atomic mass is 16.5. The molecular formula is C16H18O3. The van der Waals surface area contributed by atoms with Crippen molar-refractivity contribution in [2.75, 3.05) is 0 Å². The molecule has 0 saturated carbocycles. The minimum Gasteiger partial charge on any atom is -0.488 e. The van der Waals surface area contributed by atoms with Gasteiger partial charge < -0.3 is 14.6 Å². The van der Waals surface area contributed by atoms with Gasteiger partial charge in [0.1, 0.15) is 23.4 Å². The van der Waals surface area contributed by atoms with Gasteiger partial charge in [-0.25, -0.2) is 0 Å². The molecule has 0 aliphatic rings. The summed E-state index contributed by atoms with van der Waals surface area (Å²) in [5.74, 6) is 2.27. The van der Waals surface area contributed by atoms with Crippen LogP contribution in [-0.4, -0.2) is 17.3 Å². The van der Waals surface area contributed by atoms with E-state index in [2.05, 4.69) is 0 Å². The van der Waals surface area contributed by atoms with Gasteiger partial charge in [-0.05, 0) is 50.2 Å². The fourth-order valence-corrected chi connectivity index (χ4v) is 1.52. The van der Waals surface area contributed by atoms with Gasteiger partial charge in [-0.1, -0.05) is 18.2 Å². The molecule has 0 radical (unpaired) electrons. The molecule has 0 fully saturated rings. The predicted molar refractivity (Wildman–Crippen MR) is 74.7 cm³/mol. The Bertz CT molecular complexity index is 491. The van der Waals surface area contributed by atoms with E-state index in [-0.39, 0.29) is 6.10 Å². The van der Waals surface area contributed by atoms with E-state index in [1.54, 1.807) is 6.92 Å². The lowest BCUT2D eigenvalue weighted by molar-refractivity contribution is 0.0604. The monoisotopic (exact) mass is 258 g/mol. The van der Waals surface area contributed by atoms with Crippen molar-refractivity contribution in [2.45, 2.75) is 26.1 Å². The number of aliphatic hydroxyl groups is 1. The van der Waals surface area contributed by atoms with Crippen LogP contribution in [-0.2, 0) is 0 Å². The summed E-state index contributed by atoms with van der Waals surface area (Å²) in [5.41, 5.74) is 0. The summed E-state index contributed by atoms with van der Waals surface area (Å²) in [6.45, 7) is 3.54. The van der Waals surface area contributed by atoms with Crippen LogP contribution in [0.4, 0.5) is 0 Å². The van der Waals surface area contributed by atoms with Crippen LogP contribution < -0.4 is 9.47 Å². The van der Waals surface area contributed by atoms with E-state index in [9.17, 15) is 5.11 Å². The average molecular weight is 258 g/mol. The predicted octanol–water partition coefficient (Wildman–Crippen LogP) is 3.63. The van der Waals surface area contributed by atoms with Crippen molar-refractivity contribution in [1.29, 1.82) is 0 Å². The fourth-order valence-electron chi connectivity index (χ4n) is 1.52. The number of aliphatic hydroxyl groups excluding tert-OH is 1. The Balaban J connectivity index is 1.99. The van der Waals surface area contributed by atoms with E-state index >= 15 is 0 Å². The zero-order valence-corrected chi connectivity index (χ0v) is 11.1. The zero-order chi connectivity index (χ0) is 13.7. The first-order chi connectivity index (χ1) is 9.15. The van der Waals surface area contributed by atoms with Crippen molar-refractivity contribution >= 4 is 0 Å². The molecular weight excluding hydrogens is 240 g/mol. The standard InChI is InChI=1S/C16H18O3/c1-12(17)13(2)18-15-8-10-16(11-9-15)19-14-6-4-3-5-7-14/h3-13,17H,1-2H3. The first-order valence-electron chi connectivity index (χ1n) is 6.33. The van der Waals surface area contributed by atoms with Gasteiger partial charge in [-0.3, -0.25) is 0 Å². The van der Waals surface area contributed by atoms with Crippen LogP contribution in [0.3, 0.4) is 0 Å². The molecule has 0 aromatic heterocycles. The quantitative estimate of drug-likeness (QED) is 0.890. The first kappa shape index (κ1) is 13.4. The van der Waals surface area contributed by atoms with Gasteiger partial charge in [-0.2, -0.15) is 0 Å². The molecule has 0 amide bonds. The Morgan fingerprint density at radius 3 is 1.89 bits per heavy atom. The second-order valence-electron chi connectivity index (χ2n) is 4.45. The number of ether oxygens (including phenoxy) is 2. The Hall–Kier alpha value is -2.00. The normalized spacial score (nSPS) is 13.6. The number of hydrogen-bond acceptors (Lipinski definition) is 3. The molecule has 1 N–H and O–H groups in total. The second kappa shape index (κ2) is 6.25. The van der Waals surface area contributed by atoms with E-state index in [1.807, 2.05) is 61.5 Å². The fraction of sp³-hybridized carbons (Fsp3) is 0.250.